The molecule has 1 aromatic carbocycles. The molecule has 0 radical (unpaired) electrons. The number of carboxylic acid groups (broad SMARTS) is 1. The number of amides is 1. The largest absolute Gasteiger partial charge is 0.480 e. The second-order valence-electron chi connectivity index (χ2n) is 4.42. The third-order valence-electron chi connectivity index (χ3n) is 3.02. The highest BCUT2D eigenvalue weighted by atomic mass is 127. The summed E-state index contributed by atoms with van der Waals surface area (Å²) in [5, 5.41) is 9.25. The quantitative estimate of drug-likeness (QED) is 0.634. The third-order valence-corrected chi connectivity index (χ3v) is 3.74. The van der Waals surface area contributed by atoms with E-state index in [-0.39, 0.29) is 25.2 Å². The van der Waals surface area contributed by atoms with E-state index in [1.54, 1.807) is 0 Å². The Hall–Kier alpha value is -1.44. The molecule has 100 valence electrons. The number of hydrogen-bond donors (Lipinski definition) is 1. The van der Waals surface area contributed by atoms with Crippen LogP contribution < -0.4 is 0 Å². The zero-order chi connectivity index (χ0) is 14.0. The molecule has 1 saturated heterocycles. The maximum Gasteiger partial charge on any atom is 0.326 e. The Balaban J connectivity index is 2.17. The smallest absolute Gasteiger partial charge is 0.326 e. The molecule has 5 nitrogen and oxygen atoms in total. The van der Waals surface area contributed by atoms with E-state index < -0.39 is 17.9 Å². The SMILES string of the molecule is O=C1CC(=O)N(C(Cc2ccc(I)cc2)C(=O)O)C1. The molecule has 0 spiro atoms. The first-order chi connectivity index (χ1) is 8.97. The van der Waals surface area contributed by atoms with Gasteiger partial charge in [-0.3, -0.25) is 9.59 Å². The summed E-state index contributed by atoms with van der Waals surface area (Å²) in [5.74, 6) is -1.71. The Bertz CT molecular complexity index is 526. The molecule has 1 heterocycles. The van der Waals surface area contributed by atoms with Crippen molar-refractivity contribution in [3.05, 3.63) is 33.4 Å². The standard InChI is InChI=1S/C13H12INO4/c14-9-3-1-8(2-4-9)5-11(13(18)19)15-7-10(16)6-12(15)17/h1-4,11H,5-7H2,(H,18,19). The summed E-state index contributed by atoms with van der Waals surface area (Å²) < 4.78 is 1.06. The van der Waals surface area contributed by atoms with Gasteiger partial charge in [-0.25, -0.2) is 4.79 Å². The van der Waals surface area contributed by atoms with Crippen LogP contribution in [0.5, 0.6) is 0 Å². The van der Waals surface area contributed by atoms with Crippen molar-refractivity contribution in [2.24, 2.45) is 0 Å². The lowest BCUT2D eigenvalue weighted by Crippen LogP contribution is -2.43. The first-order valence-electron chi connectivity index (χ1n) is 5.76. The highest BCUT2D eigenvalue weighted by Gasteiger charge is 2.36. The molecular weight excluding hydrogens is 361 g/mol. The van der Waals surface area contributed by atoms with Crippen LogP contribution in [0.25, 0.3) is 0 Å². The lowest BCUT2D eigenvalue weighted by Gasteiger charge is -2.23. The fraction of sp³-hybridized carbons (Fsp3) is 0.308. The molecule has 0 bridgehead atoms. The number of carboxylic acids is 1. The van der Waals surface area contributed by atoms with Crippen molar-refractivity contribution >= 4 is 40.3 Å². The lowest BCUT2D eigenvalue weighted by molar-refractivity contribution is -0.148. The lowest BCUT2D eigenvalue weighted by atomic mass is 10.1. The van der Waals surface area contributed by atoms with Crippen molar-refractivity contribution in [2.75, 3.05) is 6.54 Å². The van der Waals surface area contributed by atoms with Gasteiger partial charge in [0.2, 0.25) is 5.91 Å². The summed E-state index contributed by atoms with van der Waals surface area (Å²) in [6, 6.07) is 6.46. The van der Waals surface area contributed by atoms with E-state index in [4.69, 9.17) is 0 Å². The van der Waals surface area contributed by atoms with Crippen LogP contribution in [-0.4, -0.2) is 40.3 Å². The Morgan fingerprint density at radius 1 is 1.32 bits per heavy atom. The van der Waals surface area contributed by atoms with Crippen LogP contribution in [0.2, 0.25) is 0 Å². The number of rotatable bonds is 4. The van der Waals surface area contributed by atoms with Crippen molar-refractivity contribution < 1.29 is 19.5 Å². The molecule has 2 rings (SSSR count). The predicted octanol–water partition coefficient (Wildman–Crippen LogP) is 1.09. The van der Waals surface area contributed by atoms with Gasteiger partial charge < -0.3 is 10.0 Å². The summed E-state index contributed by atoms with van der Waals surface area (Å²) in [7, 11) is 0. The molecule has 1 unspecified atom stereocenters. The van der Waals surface area contributed by atoms with Gasteiger partial charge in [0.05, 0.1) is 13.0 Å². The van der Waals surface area contributed by atoms with Crippen molar-refractivity contribution in [1.29, 1.82) is 0 Å². The first kappa shape index (κ1) is 14.0. The number of Topliss-reactive ketones (excluding diaryl/α,β-unsaturated/α-hetero) is 1. The van der Waals surface area contributed by atoms with E-state index >= 15 is 0 Å². The predicted molar refractivity (Wildman–Crippen MR) is 75.6 cm³/mol. The molecule has 1 fully saturated rings. The molecule has 0 aromatic heterocycles. The number of nitrogens with zero attached hydrogens (tertiary/aromatic N) is 1. The third kappa shape index (κ3) is 3.31. The number of carbonyl (C=O) groups excluding carboxylic acids is 2. The second-order valence-corrected chi connectivity index (χ2v) is 5.67. The molecule has 1 aliphatic rings. The molecule has 1 atom stereocenters. The molecule has 6 heteroatoms. The summed E-state index contributed by atoms with van der Waals surface area (Å²) in [5.41, 5.74) is 0.833. The number of hydrogen-bond acceptors (Lipinski definition) is 3. The number of aliphatic carboxylic acids is 1. The maximum atomic E-state index is 11.6. The summed E-state index contributed by atoms with van der Waals surface area (Å²) in [6.07, 6.45) is 0.0295. The van der Waals surface area contributed by atoms with Crippen LogP contribution in [0.15, 0.2) is 24.3 Å². The Morgan fingerprint density at radius 3 is 2.42 bits per heavy atom. The Kier molecular flexibility index (Phi) is 4.18. The minimum absolute atomic E-state index is 0.0971. The highest BCUT2D eigenvalue weighted by Crippen LogP contribution is 2.16. The molecule has 0 saturated carbocycles. The van der Waals surface area contributed by atoms with Crippen molar-refractivity contribution in [2.45, 2.75) is 18.9 Å². The van der Waals surface area contributed by atoms with Gasteiger partial charge in [-0.1, -0.05) is 12.1 Å². The fourth-order valence-electron chi connectivity index (χ4n) is 2.06. The number of carbonyl (C=O) groups is 3. The van der Waals surface area contributed by atoms with Crippen LogP contribution in [-0.2, 0) is 20.8 Å². The summed E-state index contributed by atoms with van der Waals surface area (Å²) in [6.45, 7) is -0.0971. The Labute approximate surface area is 123 Å². The zero-order valence-corrected chi connectivity index (χ0v) is 12.2. The van der Waals surface area contributed by atoms with E-state index in [1.165, 1.54) is 0 Å². The minimum atomic E-state index is -1.08. The van der Waals surface area contributed by atoms with Crippen molar-refractivity contribution in [3.63, 3.8) is 0 Å². The van der Waals surface area contributed by atoms with Crippen LogP contribution in [0.1, 0.15) is 12.0 Å². The van der Waals surface area contributed by atoms with E-state index in [9.17, 15) is 19.5 Å². The van der Waals surface area contributed by atoms with Crippen LogP contribution in [0, 0.1) is 3.57 Å². The topological polar surface area (TPSA) is 74.7 Å². The van der Waals surface area contributed by atoms with Crippen molar-refractivity contribution in [3.8, 4) is 0 Å². The number of benzene rings is 1. The molecule has 19 heavy (non-hydrogen) atoms. The summed E-state index contributed by atoms with van der Waals surface area (Å²) >= 11 is 2.16. The van der Waals surface area contributed by atoms with Gasteiger partial charge in [-0.15, -0.1) is 0 Å². The second kappa shape index (κ2) is 5.68. The Morgan fingerprint density at radius 2 is 1.95 bits per heavy atom. The van der Waals surface area contributed by atoms with Gasteiger partial charge in [-0.2, -0.15) is 0 Å². The fourth-order valence-corrected chi connectivity index (χ4v) is 2.42. The number of halogens is 1. The molecule has 1 aliphatic heterocycles. The van der Waals surface area contributed by atoms with Gasteiger partial charge in [0, 0.05) is 9.99 Å². The molecule has 1 N–H and O–H groups in total. The van der Waals surface area contributed by atoms with Crippen LogP contribution in [0.4, 0.5) is 0 Å². The van der Waals surface area contributed by atoms with Gasteiger partial charge in [0.15, 0.2) is 5.78 Å². The van der Waals surface area contributed by atoms with Crippen molar-refractivity contribution in [1.82, 2.24) is 4.90 Å². The molecule has 1 aromatic rings. The van der Waals surface area contributed by atoms with Gasteiger partial charge in [0.25, 0.3) is 0 Å². The molecule has 1 amide bonds. The first-order valence-corrected chi connectivity index (χ1v) is 6.83. The van der Waals surface area contributed by atoms with Gasteiger partial charge in [-0.05, 0) is 40.3 Å². The molecular formula is C13H12INO4. The minimum Gasteiger partial charge on any atom is -0.480 e. The molecule has 0 aliphatic carbocycles. The van der Waals surface area contributed by atoms with E-state index in [1.807, 2.05) is 24.3 Å². The van der Waals surface area contributed by atoms with Gasteiger partial charge in [0.1, 0.15) is 6.04 Å². The van der Waals surface area contributed by atoms with E-state index in [2.05, 4.69) is 22.6 Å². The average Bonchev–Trinajstić information content (AvgIpc) is 2.67. The van der Waals surface area contributed by atoms with Gasteiger partial charge >= 0.3 is 5.97 Å². The monoisotopic (exact) mass is 373 g/mol. The summed E-state index contributed by atoms with van der Waals surface area (Å²) in [4.78, 5) is 35.3. The van der Waals surface area contributed by atoms with Crippen LogP contribution >= 0.6 is 22.6 Å². The normalized spacial score (nSPS) is 16.8. The van der Waals surface area contributed by atoms with E-state index in [0.717, 1.165) is 14.0 Å². The maximum absolute atomic E-state index is 11.6. The average molecular weight is 373 g/mol. The highest BCUT2D eigenvalue weighted by molar-refractivity contribution is 14.1. The van der Waals surface area contributed by atoms with E-state index in [0.29, 0.717) is 0 Å². The zero-order valence-electron chi connectivity index (χ0n) is 10.0. The number of likely N-dealkylation sites (tertiary alicyclic amines) is 1. The number of ketones is 1. The van der Waals surface area contributed by atoms with Crippen LogP contribution in [0.3, 0.4) is 0 Å².